The van der Waals surface area contributed by atoms with Gasteiger partial charge in [-0.15, -0.1) is 0 Å². The third-order valence-electron chi connectivity index (χ3n) is 4.64. The topological polar surface area (TPSA) is 46.6 Å². The normalized spacial score (nSPS) is 13.9. The number of nitrogens with zero attached hydrogens (tertiary/aromatic N) is 1. The number of methoxy groups -OCH3 is 1. The number of amides is 2. The molecule has 0 N–H and O–H groups in total. The minimum Gasteiger partial charge on any atom is -0.496 e. The lowest BCUT2D eigenvalue weighted by Crippen LogP contribution is -2.31. The molecule has 1 aliphatic heterocycles. The Morgan fingerprint density at radius 1 is 0.828 bits per heavy atom. The molecule has 0 atom stereocenters. The van der Waals surface area contributed by atoms with Crippen LogP contribution in [0.2, 0.25) is 0 Å². The molecule has 0 saturated heterocycles. The third-order valence-corrected chi connectivity index (χ3v) is 5.73. The maximum absolute atomic E-state index is 13.5. The first-order valence-electron chi connectivity index (χ1n) is 9.16. The van der Waals surface area contributed by atoms with E-state index in [1.807, 2.05) is 73.7 Å². The van der Waals surface area contributed by atoms with Gasteiger partial charge in [-0.05, 0) is 42.8 Å². The summed E-state index contributed by atoms with van der Waals surface area (Å²) in [4.78, 5) is 29.4. The predicted octanol–water partition coefficient (Wildman–Crippen LogP) is 5.08. The third kappa shape index (κ3) is 3.57. The Balaban J connectivity index is 1.87. The van der Waals surface area contributed by atoms with Crippen LogP contribution >= 0.6 is 11.8 Å². The van der Waals surface area contributed by atoms with Gasteiger partial charge in [0.1, 0.15) is 5.75 Å². The summed E-state index contributed by atoms with van der Waals surface area (Å²) in [6.45, 7) is 1.93. The molecule has 29 heavy (non-hydrogen) atoms. The quantitative estimate of drug-likeness (QED) is 0.560. The van der Waals surface area contributed by atoms with E-state index in [1.165, 1.54) is 16.7 Å². The molecule has 0 radical (unpaired) electrons. The molecule has 1 aliphatic rings. The summed E-state index contributed by atoms with van der Waals surface area (Å²) in [7, 11) is 1.56. The molecule has 144 valence electrons. The van der Waals surface area contributed by atoms with E-state index in [2.05, 4.69) is 0 Å². The first-order chi connectivity index (χ1) is 14.1. The molecule has 4 nitrogen and oxygen atoms in total. The van der Waals surface area contributed by atoms with Crippen LogP contribution in [0.15, 0.2) is 88.7 Å². The van der Waals surface area contributed by atoms with Crippen LogP contribution in [0, 0.1) is 6.92 Å². The number of benzene rings is 3. The van der Waals surface area contributed by atoms with Gasteiger partial charge in [0.15, 0.2) is 0 Å². The molecule has 3 aromatic carbocycles. The summed E-state index contributed by atoms with van der Waals surface area (Å²) in [6.07, 6.45) is 0. The van der Waals surface area contributed by atoms with Crippen molar-refractivity contribution in [2.75, 3.05) is 12.0 Å². The molecular weight excluding hydrogens is 382 g/mol. The van der Waals surface area contributed by atoms with Crippen LogP contribution in [0.25, 0.3) is 5.57 Å². The monoisotopic (exact) mass is 401 g/mol. The number of ether oxygens (including phenoxy) is 1. The molecule has 0 aromatic heterocycles. The molecule has 0 aliphatic carbocycles. The number of imide groups is 1. The predicted molar refractivity (Wildman–Crippen MR) is 116 cm³/mol. The Hall–Kier alpha value is -3.31. The zero-order valence-electron chi connectivity index (χ0n) is 16.1. The van der Waals surface area contributed by atoms with Gasteiger partial charge in [-0.2, -0.15) is 0 Å². The highest BCUT2D eigenvalue weighted by Gasteiger charge is 2.41. The second kappa shape index (κ2) is 7.97. The fraction of sp³-hybridized carbons (Fsp3) is 0.0833. The highest BCUT2D eigenvalue weighted by Crippen LogP contribution is 2.43. The number of para-hydroxylation sites is 1. The van der Waals surface area contributed by atoms with Crippen LogP contribution in [-0.4, -0.2) is 18.9 Å². The number of hydrogen-bond acceptors (Lipinski definition) is 4. The number of anilines is 1. The van der Waals surface area contributed by atoms with Crippen molar-refractivity contribution < 1.29 is 14.3 Å². The van der Waals surface area contributed by atoms with Crippen LogP contribution in [-0.2, 0) is 9.59 Å². The van der Waals surface area contributed by atoms with Crippen LogP contribution in [0.4, 0.5) is 5.69 Å². The van der Waals surface area contributed by atoms with Crippen LogP contribution < -0.4 is 9.64 Å². The average molecular weight is 401 g/mol. The van der Waals surface area contributed by atoms with Gasteiger partial charge in [0.05, 0.1) is 23.3 Å². The lowest BCUT2D eigenvalue weighted by molar-refractivity contribution is -0.119. The van der Waals surface area contributed by atoms with Gasteiger partial charge in [-0.25, -0.2) is 4.90 Å². The second-order valence-corrected chi connectivity index (χ2v) is 7.69. The Bertz CT molecular complexity index is 1120. The summed E-state index contributed by atoms with van der Waals surface area (Å²) in [5.74, 6) is -0.111. The molecular formula is C24H19NO3S. The van der Waals surface area contributed by atoms with E-state index < -0.39 is 0 Å². The summed E-state index contributed by atoms with van der Waals surface area (Å²) in [5, 5.41) is 0. The molecule has 4 rings (SSSR count). The maximum atomic E-state index is 13.5. The second-order valence-electron chi connectivity index (χ2n) is 6.60. The largest absolute Gasteiger partial charge is 0.496 e. The molecule has 1 heterocycles. The average Bonchev–Trinajstić information content (AvgIpc) is 2.98. The SMILES string of the molecule is COc1ccccc1C1=C(Sc2ccccc2)C(=O)N(c2cccc(C)c2)C1=O. The van der Waals surface area contributed by atoms with Gasteiger partial charge in [-0.3, -0.25) is 9.59 Å². The van der Waals surface area contributed by atoms with E-state index in [4.69, 9.17) is 4.74 Å². The van der Waals surface area contributed by atoms with E-state index in [1.54, 1.807) is 19.2 Å². The molecule has 3 aromatic rings. The summed E-state index contributed by atoms with van der Waals surface area (Å²) >= 11 is 1.30. The zero-order chi connectivity index (χ0) is 20.4. The number of aryl methyl sites for hydroxylation is 1. The number of rotatable bonds is 5. The van der Waals surface area contributed by atoms with E-state index >= 15 is 0 Å². The lowest BCUT2D eigenvalue weighted by atomic mass is 10.0. The summed E-state index contributed by atoms with van der Waals surface area (Å²) in [5.41, 5.74) is 2.52. The van der Waals surface area contributed by atoms with Crippen molar-refractivity contribution in [1.82, 2.24) is 0 Å². The molecule has 5 heteroatoms. The summed E-state index contributed by atoms with van der Waals surface area (Å²) < 4.78 is 5.47. The fourth-order valence-corrected chi connectivity index (χ4v) is 4.31. The molecule has 0 saturated carbocycles. The van der Waals surface area contributed by atoms with Gasteiger partial charge >= 0.3 is 0 Å². The molecule has 0 bridgehead atoms. The number of thioether (sulfide) groups is 1. The summed E-state index contributed by atoms with van der Waals surface area (Å²) in [6, 6.07) is 24.2. The van der Waals surface area contributed by atoms with Crippen molar-refractivity contribution in [2.24, 2.45) is 0 Å². The van der Waals surface area contributed by atoms with Crippen molar-refractivity contribution in [3.8, 4) is 5.75 Å². The lowest BCUT2D eigenvalue weighted by Gasteiger charge is -2.16. The van der Waals surface area contributed by atoms with Gasteiger partial charge in [0, 0.05) is 10.5 Å². The Morgan fingerprint density at radius 3 is 2.28 bits per heavy atom. The van der Waals surface area contributed by atoms with Gasteiger partial charge in [0.2, 0.25) is 0 Å². The van der Waals surface area contributed by atoms with Crippen LogP contribution in [0.1, 0.15) is 11.1 Å². The smallest absolute Gasteiger partial charge is 0.272 e. The van der Waals surface area contributed by atoms with Crippen molar-refractivity contribution >= 4 is 34.8 Å². The van der Waals surface area contributed by atoms with Crippen molar-refractivity contribution in [3.63, 3.8) is 0 Å². The van der Waals surface area contributed by atoms with Gasteiger partial charge < -0.3 is 4.74 Å². The highest BCUT2D eigenvalue weighted by molar-refractivity contribution is 8.04. The minimum absolute atomic E-state index is 0.324. The minimum atomic E-state index is -0.344. The number of carbonyl (C=O) groups is 2. The van der Waals surface area contributed by atoms with E-state index in [0.717, 1.165) is 10.5 Å². The molecule has 0 fully saturated rings. The maximum Gasteiger partial charge on any atom is 0.272 e. The van der Waals surface area contributed by atoms with E-state index in [-0.39, 0.29) is 11.8 Å². The van der Waals surface area contributed by atoms with Crippen molar-refractivity contribution in [1.29, 1.82) is 0 Å². The van der Waals surface area contributed by atoms with Gasteiger partial charge in [0.25, 0.3) is 11.8 Å². The first-order valence-corrected chi connectivity index (χ1v) is 9.98. The van der Waals surface area contributed by atoms with Crippen LogP contribution in [0.5, 0.6) is 5.75 Å². The van der Waals surface area contributed by atoms with E-state index in [9.17, 15) is 9.59 Å². The van der Waals surface area contributed by atoms with Crippen molar-refractivity contribution in [3.05, 3.63) is 94.9 Å². The molecule has 2 amide bonds. The van der Waals surface area contributed by atoms with Crippen molar-refractivity contribution in [2.45, 2.75) is 11.8 Å². The standard InChI is InChI=1S/C24H19NO3S/c1-16-9-8-10-17(15-16)25-23(26)21(19-13-6-7-14-20(19)28-2)22(24(25)27)29-18-11-4-3-5-12-18/h3-15H,1-2H3. The Labute approximate surface area is 173 Å². The number of hydrogen-bond donors (Lipinski definition) is 0. The first kappa shape index (κ1) is 19.0. The zero-order valence-corrected chi connectivity index (χ0v) is 16.9. The fourth-order valence-electron chi connectivity index (χ4n) is 3.30. The molecule has 0 spiro atoms. The van der Waals surface area contributed by atoms with Crippen LogP contribution in [0.3, 0.4) is 0 Å². The van der Waals surface area contributed by atoms with Gasteiger partial charge in [-0.1, -0.05) is 60.3 Å². The van der Waals surface area contributed by atoms with E-state index in [0.29, 0.717) is 27.5 Å². The Kier molecular flexibility index (Phi) is 5.23. The molecule has 0 unspecified atom stereocenters. The Morgan fingerprint density at radius 2 is 1.55 bits per heavy atom. The number of carbonyl (C=O) groups excluding carboxylic acids is 2. The highest BCUT2D eigenvalue weighted by atomic mass is 32.2.